The molecule has 0 saturated heterocycles. The lowest BCUT2D eigenvalue weighted by atomic mass is 10.1. The zero-order valence-corrected chi connectivity index (χ0v) is 30.5. The van der Waals surface area contributed by atoms with E-state index in [0.29, 0.717) is 22.6 Å². The second-order valence-corrected chi connectivity index (χ2v) is 15.4. The molecule has 56 heavy (non-hydrogen) atoms. The summed E-state index contributed by atoms with van der Waals surface area (Å²) in [5, 5.41) is 20.2. The van der Waals surface area contributed by atoms with Gasteiger partial charge < -0.3 is 13.7 Å². The third kappa shape index (κ3) is 4.06. The van der Waals surface area contributed by atoms with Gasteiger partial charge in [-0.25, -0.2) is 4.85 Å². The maximum Gasteiger partial charge on any atom is 0.212 e. The van der Waals surface area contributed by atoms with Gasteiger partial charge in [-0.2, -0.15) is 5.26 Å². The van der Waals surface area contributed by atoms with Crippen molar-refractivity contribution in [2.45, 2.75) is 0 Å². The molecule has 0 N–H and O–H groups in total. The molecule has 0 aliphatic rings. The van der Waals surface area contributed by atoms with Crippen LogP contribution < -0.4 is 0 Å². The first-order valence-electron chi connectivity index (χ1n) is 18.5. The zero-order chi connectivity index (χ0) is 37.1. The molecule has 0 aliphatic heterocycles. The van der Waals surface area contributed by atoms with Gasteiger partial charge in [-0.3, -0.25) is 0 Å². The Bertz CT molecular complexity index is 3730. The molecule has 0 unspecified atom stereocenters. The van der Waals surface area contributed by atoms with Crippen LogP contribution in [0, 0.1) is 17.9 Å². The second-order valence-electron chi connectivity index (χ2n) is 14.3. The summed E-state index contributed by atoms with van der Waals surface area (Å²) in [6.45, 7) is 8.65. The highest BCUT2D eigenvalue weighted by atomic mass is 32.1. The van der Waals surface area contributed by atoms with E-state index in [1.54, 1.807) is 11.3 Å². The Morgan fingerprint density at radius 2 is 1.02 bits per heavy atom. The average Bonchev–Trinajstić information content (AvgIpc) is 3.99. The van der Waals surface area contributed by atoms with E-state index in [9.17, 15) is 5.26 Å². The van der Waals surface area contributed by atoms with Crippen LogP contribution in [0.3, 0.4) is 0 Å². The number of rotatable bonds is 3. The van der Waals surface area contributed by atoms with Crippen molar-refractivity contribution >= 4 is 103 Å². The summed E-state index contributed by atoms with van der Waals surface area (Å²) >= 11 is 1.78. The smallest absolute Gasteiger partial charge is 0.212 e. The lowest BCUT2D eigenvalue weighted by molar-refractivity contribution is 1.13. The highest BCUT2D eigenvalue weighted by molar-refractivity contribution is 7.25. The molecule has 258 valence electrons. The summed E-state index contributed by atoms with van der Waals surface area (Å²) in [7, 11) is 0. The number of thiophene rings is 1. The van der Waals surface area contributed by atoms with E-state index in [4.69, 9.17) is 6.57 Å². The largest absolute Gasteiger partial charge is 0.319 e. The molecule has 0 spiro atoms. The van der Waals surface area contributed by atoms with E-state index in [1.807, 2.05) is 30.3 Å². The molecular weight excluding hydrogens is 703 g/mol. The highest BCUT2D eigenvalue weighted by Gasteiger charge is 2.25. The molecule has 0 saturated carbocycles. The van der Waals surface area contributed by atoms with Crippen LogP contribution in [0.5, 0.6) is 0 Å². The molecule has 6 heteroatoms. The van der Waals surface area contributed by atoms with Gasteiger partial charge in [0.1, 0.15) is 6.07 Å². The van der Waals surface area contributed by atoms with Crippen LogP contribution in [0.25, 0.3) is 107 Å². The van der Waals surface area contributed by atoms with E-state index in [0.717, 1.165) is 71.1 Å². The minimum atomic E-state index is 0.472. The Labute approximate surface area is 324 Å². The predicted molar refractivity (Wildman–Crippen MR) is 233 cm³/mol. The van der Waals surface area contributed by atoms with Crippen molar-refractivity contribution < 1.29 is 0 Å². The standard InChI is InChI=1S/C50H27N5S/c1-52-40-27-44(30(29-51)25-46(40)54-42-20-10-7-17-34(42)38-26-39-35-18-8-12-22-47(35)56-48(39)28-45(38)54)55-43-21-11-6-16-33(43)37-24-23-36-32-15-5-9-19-41(32)53(49(36)50(37)55)31-13-3-2-4-14-31/h2-28H. The number of nitriles is 1. The van der Waals surface area contributed by atoms with Crippen molar-refractivity contribution in [2.24, 2.45) is 0 Å². The Morgan fingerprint density at radius 3 is 1.70 bits per heavy atom. The van der Waals surface area contributed by atoms with Crippen molar-refractivity contribution in [3.8, 4) is 23.1 Å². The van der Waals surface area contributed by atoms with Gasteiger partial charge >= 0.3 is 0 Å². The van der Waals surface area contributed by atoms with Gasteiger partial charge in [0.15, 0.2) is 0 Å². The molecule has 4 heterocycles. The molecule has 12 aromatic rings. The fraction of sp³-hybridized carbons (Fsp3) is 0. The Morgan fingerprint density at radius 1 is 0.446 bits per heavy atom. The zero-order valence-electron chi connectivity index (χ0n) is 29.7. The number of hydrogen-bond acceptors (Lipinski definition) is 2. The van der Waals surface area contributed by atoms with Crippen molar-refractivity contribution in [3.63, 3.8) is 0 Å². The number of aromatic nitrogens is 3. The van der Waals surface area contributed by atoms with E-state index in [2.05, 4.69) is 158 Å². The van der Waals surface area contributed by atoms with Crippen LogP contribution in [-0.2, 0) is 0 Å². The molecule has 0 aliphatic carbocycles. The SMILES string of the molecule is [C-]#[N+]c1cc(-n2c3ccccc3c3ccc4c5ccccc5n(-c5ccccc5)c4c32)c(C#N)cc1-n1c2ccccc2c2cc3c(cc21)sc1ccccc13. The summed E-state index contributed by atoms with van der Waals surface area (Å²) < 4.78 is 9.17. The van der Waals surface area contributed by atoms with Crippen LogP contribution in [0.1, 0.15) is 5.56 Å². The Kier molecular flexibility index (Phi) is 6.28. The number of benzene rings is 8. The van der Waals surface area contributed by atoms with Crippen molar-refractivity contribution in [1.29, 1.82) is 5.26 Å². The van der Waals surface area contributed by atoms with Gasteiger partial charge in [-0.1, -0.05) is 103 Å². The molecule has 12 rings (SSSR count). The van der Waals surface area contributed by atoms with Crippen LogP contribution in [0.2, 0.25) is 0 Å². The first-order chi connectivity index (χ1) is 27.7. The summed E-state index contributed by atoms with van der Waals surface area (Å²) in [4.78, 5) is 4.21. The first kappa shape index (κ1) is 30.8. The topological polar surface area (TPSA) is 42.9 Å². The van der Waals surface area contributed by atoms with Crippen LogP contribution in [0.15, 0.2) is 164 Å². The number of nitrogens with zero attached hydrogens (tertiary/aromatic N) is 5. The summed E-state index contributed by atoms with van der Waals surface area (Å²) in [5.74, 6) is 0. The molecular formula is C50H27N5S. The number of hydrogen-bond donors (Lipinski definition) is 0. The lowest BCUT2D eigenvalue weighted by Crippen LogP contribution is -2.03. The molecule has 0 bridgehead atoms. The highest BCUT2D eigenvalue weighted by Crippen LogP contribution is 2.45. The summed E-state index contributed by atoms with van der Waals surface area (Å²) in [6.07, 6.45) is 0. The molecule has 4 aromatic heterocycles. The minimum Gasteiger partial charge on any atom is -0.319 e. The first-order valence-corrected chi connectivity index (χ1v) is 19.3. The normalized spacial score (nSPS) is 11.9. The molecule has 0 radical (unpaired) electrons. The lowest BCUT2D eigenvalue weighted by Gasteiger charge is -2.17. The molecule has 8 aromatic carbocycles. The van der Waals surface area contributed by atoms with Crippen molar-refractivity contribution in [3.05, 3.63) is 181 Å². The minimum absolute atomic E-state index is 0.472. The van der Waals surface area contributed by atoms with Crippen molar-refractivity contribution in [1.82, 2.24) is 13.7 Å². The van der Waals surface area contributed by atoms with Gasteiger partial charge in [-0.15, -0.1) is 11.3 Å². The van der Waals surface area contributed by atoms with Crippen LogP contribution in [0.4, 0.5) is 5.69 Å². The van der Waals surface area contributed by atoms with Gasteiger partial charge in [0.05, 0.1) is 56.6 Å². The van der Waals surface area contributed by atoms with E-state index in [-0.39, 0.29) is 0 Å². The predicted octanol–water partition coefficient (Wildman–Crippen LogP) is 13.8. The van der Waals surface area contributed by atoms with E-state index < -0.39 is 0 Å². The quantitative estimate of drug-likeness (QED) is 0.167. The maximum atomic E-state index is 11.1. The Balaban J connectivity index is 1.21. The van der Waals surface area contributed by atoms with E-state index >= 15 is 0 Å². The molecule has 0 atom stereocenters. The Hall–Kier alpha value is -7.64. The molecule has 0 amide bonds. The number of fused-ring (bicyclic) bond motifs is 13. The van der Waals surface area contributed by atoms with Crippen molar-refractivity contribution in [2.75, 3.05) is 0 Å². The van der Waals surface area contributed by atoms with Gasteiger partial charge in [-0.05, 0) is 60.7 Å². The fourth-order valence-corrected chi connectivity index (χ4v) is 10.3. The van der Waals surface area contributed by atoms with Gasteiger partial charge in [0, 0.05) is 58.2 Å². The van der Waals surface area contributed by atoms with Gasteiger partial charge in [0.2, 0.25) is 5.69 Å². The third-order valence-corrected chi connectivity index (χ3v) is 12.6. The second kappa shape index (κ2) is 11.4. The average molecular weight is 730 g/mol. The van der Waals surface area contributed by atoms with Crippen LogP contribution >= 0.6 is 11.3 Å². The monoisotopic (exact) mass is 729 g/mol. The maximum absolute atomic E-state index is 11.1. The summed E-state index contributed by atoms with van der Waals surface area (Å²) in [5.41, 5.74) is 9.53. The fourth-order valence-electron chi connectivity index (χ4n) is 9.15. The van der Waals surface area contributed by atoms with Crippen LogP contribution in [-0.4, -0.2) is 13.7 Å². The number of para-hydroxylation sites is 4. The van der Waals surface area contributed by atoms with E-state index in [1.165, 1.54) is 20.2 Å². The molecule has 5 nitrogen and oxygen atoms in total. The third-order valence-electron chi connectivity index (χ3n) is 11.5. The summed E-state index contributed by atoms with van der Waals surface area (Å²) in [6, 6.07) is 59.7. The van der Waals surface area contributed by atoms with Gasteiger partial charge in [0.25, 0.3) is 0 Å². The molecule has 0 fully saturated rings.